The molecule has 2 atom stereocenters. The fraction of sp³-hybridized carbons (Fsp3) is 0.296. The number of Topliss-reactive ketones (excluding diaryl/α,β-unsaturated/α-hetero) is 1. The third kappa shape index (κ3) is 3.84. The minimum atomic E-state index is -0.336. The summed E-state index contributed by atoms with van der Waals surface area (Å²) in [5, 5.41) is 14.1. The van der Waals surface area contributed by atoms with Gasteiger partial charge in [0, 0.05) is 30.0 Å². The molecule has 5 rings (SSSR count). The number of nitrogens with zero attached hydrogens (tertiary/aromatic N) is 3. The highest BCUT2D eigenvalue weighted by Gasteiger charge is 2.46. The average molecular weight is 410 g/mol. The van der Waals surface area contributed by atoms with Crippen LogP contribution in [0.5, 0.6) is 0 Å². The molecule has 2 aliphatic rings. The summed E-state index contributed by atoms with van der Waals surface area (Å²) >= 11 is 0. The van der Waals surface area contributed by atoms with Crippen LogP contribution in [0, 0.1) is 24.2 Å². The van der Waals surface area contributed by atoms with E-state index in [-0.39, 0.29) is 22.7 Å². The largest absolute Gasteiger partial charge is 0.293 e. The maximum Gasteiger partial charge on any atom is 0.173 e. The smallest absolute Gasteiger partial charge is 0.173 e. The number of carbonyl (C=O) groups excluding carboxylic acids is 1. The van der Waals surface area contributed by atoms with Crippen LogP contribution in [0.25, 0.3) is 11.3 Å². The number of allylic oxidation sites excluding steroid dienone is 2. The van der Waals surface area contributed by atoms with Crippen LogP contribution in [0.1, 0.15) is 36.6 Å². The molecule has 0 amide bonds. The first-order valence-corrected chi connectivity index (χ1v) is 10.7. The molecule has 2 aromatic carbocycles. The number of aromatic nitrogens is 2. The molecule has 2 aliphatic carbocycles. The van der Waals surface area contributed by atoms with Crippen molar-refractivity contribution in [2.24, 2.45) is 13.0 Å². The number of aryl methyl sites for hydroxylation is 2. The van der Waals surface area contributed by atoms with E-state index in [1.54, 1.807) is 0 Å². The van der Waals surface area contributed by atoms with Gasteiger partial charge in [-0.2, -0.15) is 10.4 Å². The Labute approximate surface area is 183 Å². The number of fused-ring (bicyclic) bond motifs is 3. The van der Waals surface area contributed by atoms with Crippen LogP contribution < -0.4 is 0 Å². The molecule has 2 unspecified atom stereocenters. The summed E-state index contributed by atoms with van der Waals surface area (Å²) < 4.78 is 1.95. The summed E-state index contributed by atoms with van der Waals surface area (Å²) in [6, 6.07) is 22.6. The predicted molar refractivity (Wildman–Crippen MR) is 122 cm³/mol. The van der Waals surface area contributed by atoms with Crippen molar-refractivity contribution in [3.8, 4) is 17.3 Å². The van der Waals surface area contributed by atoms with Crippen LogP contribution in [-0.4, -0.2) is 15.6 Å². The number of hydrogen-bond donors (Lipinski definition) is 0. The van der Waals surface area contributed by atoms with Gasteiger partial charge in [-0.05, 0) is 25.7 Å². The van der Waals surface area contributed by atoms with E-state index in [1.165, 1.54) is 11.1 Å². The maximum atomic E-state index is 12.1. The lowest BCUT2D eigenvalue weighted by atomic mass is 9.61. The van der Waals surface area contributed by atoms with Crippen molar-refractivity contribution in [2.45, 2.75) is 38.5 Å². The molecular formula is C27H27N3O. The van der Waals surface area contributed by atoms with Gasteiger partial charge in [-0.1, -0.05) is 79.2 Å². The second-order valence-corrected chi connectivity index (χ2v) is 8.64. The molecule has 0 saturated heterocycles. The molecule has 31 heavy (non-hydrogen) atoms. The van der Waals surface area contributed by atoms with E-state index in [1.807, 2.05) is 54.2 Å². The Morgan fingerprint density at radius 2 is 1.74 bits per heavy atom. The number of rotatable bonds is 1. The van der Waals surface area contributed by atoms with Gasteiger partial charge in [-0.25, -0.2) is 0 Å². The van der Waals surface area contributed by atoms with Crippen molar-refractivity contribution in [1.82, 2.24) is 9.78 Å². The average Bonchev–Trinajstić information content (AvgIpc) is 3.13. The highest BCUT2D eigenvalue weighted by Crippen LogP contribution is 2.49. The van der Waals surface area contributed by atoms with Crippen LogP contribution in [0.2, 0.25) is 0 Å². The van der Waals surface area contributed by atoms with Crippen molar-refractivity contribution in [2.75, 3.05) is 0 Å². The Morgan fingerprint density at radius 1 is 1.10 bits per heavy atom. The molecule has 0 spiro atoms. The summed E-state index contributed by atoms with van der Waals surface area (Å²) in [4.78, 5) is 12.1. The van der Waals surface area contributed by atoms with E-state index in [0.29, 0.717) is 6.42 Å². The van der Waals surface area contributed by atoms with Crippen LogP contribution in [0.15, 0.2) is 72.3 Å². The summed E-state index contributed by atoms with van der Waals surface area (Å²) in [6.07, 6.45) is 4.20. The van der Waals surface area contributed by atoms with Crippen LogP contribution in [-0.2, 0) is 23.7 Å². The lowest BCUT2D eigenvalue weighted by molar-refractivity contribution is -0.117. The lowest BCUT2D eigenvalue weighted by Crippen LogP contribution is -2.40. The SMILES string of the molecule is Cc1ccccc1.Cn1nc2c(c1-c1ccccc1)CCC1CC(=O)C(C#N)=CC21C. The van der Waals surface area contributed by atoms with E-state index in [2.05, 4.69) is 44.2 Å². The van der Waals surface area contributed by atoms with Gasteiger partial charge in [-0.3, -0.25) is 9.48 Å². The summed E-state index contributed by atoms with van der Waals surface area (Å²) in [7, 11) is 1.97. The minimum Gasteiger partial charge on any atom is -0.293 e. The fourth-order valence-electron chi connectivity index (χ4n) is 4.85. The molecule has 0 aliphatic heterocycles. The van der Waals surface area contributed by atoms with Crippen LogP contribution in [0.3, 0.4) is 0 Å². The number of nitriles is 1. The molecule has 4 heteroatoms. The highest BCUT2D eigenvalue weighted by atomic mass is 16.1. The van der Waals surface area contributed by atoms with Crippen molar-refractivity contribution in [3.05, 3.63) is 89.1 Å². The van der Waals surface area contributed by atoms with Gasteiger partial charge in [0.05, 0.1) is 17.0 Å². The second-order valence-electron chi connectivity index (χ2n) is 8.64. The van der Waals surface area contributed by atoms with Crippen molar-refractivity contribution in [1.29, 1.82) is 5.26 Å². The molecule has 0 fully saturated rings. The quantitative estimate of drug-likeness (QED) is 0.546. The summed E-state index contributed by atoms with van der Waals surface area (Å²) in [5.41, 5.74) is 5.86. The molecule has 1 aromatic heterocycles. The molecule has 1 heterocycles. The normalized spacial score (nSPS) is 21.7. The Kier molecular flexibility index (Phi) is 5.61. The van der Waals surface area contributed by atoms with E-state index in [4.69, 9.17) is 5.10 Å². The van der Waals surface area contributed by atoms with Gasteiger partial charge in [-0.15, -0.1) is 0 Å². The first kappa shape index (κ1) is 20.8. The Balaban J connectivity index is 0.000000282. The van der Waals surface area contributed by atoms with Gasteiger partial charge in [0.25, 0.3) is 0 Å². The Morgan fingerprint density at radius 3 is 2.32 bits per heavy atom. The third-order valence-corrected chi connectivity index (χ3v) is 6.53. The van der Waals surface area contributed by atoms with E-state index in [9.17, 15) is 10.1 Å². The predicted octanol–water partition coefficient (Wildman–Crippen LogP) is 5.33. The Bertz CT molecular complexity index is 1170. The van der Waals surface area contributed by atoms with Gasteiger partial charge < -0.3 is 0 Å². The molecule has 0 bridgehead atoms. The zero-order valence-corrected chi connectivity index (χ0v) is 18.3. The van der Waals surface area contributed by atoms with E-state index >= 15 is 0 Å². The van der Waals surface area contributed by atoms with Gasteiger partial charge in [0.1, 0.15) is 6.07 Å². The molecule has 0 N–H and O–H groups in total. The van der Waals surface area contributed by atoms with Gasteiger partial charge in [0.2, 0.25) is 0 Å². The first-order chi connectivity index (χ1) is 14.9. The number of hydrogen-bond acceptors (Lipinski definition) is 3. The molecule has 3 aromatic rings. The summed E-state index contributed by atoms with van der Waals surface area (Å²) in [6.45, 7) is 4.21. The maximum absolute atomic E-state index is 12.1. The van der Waals surface area contributed by atoms with Crippen molar-refractivity contribution >= 4 is 5.78 Å². The van der Waals surface area contributed by atoms with Gasteiger partial charge in [0.15, 0.2) is 5.78 Å². The van der Waals surface area contributed by atoms with Crippen molar-refractivity contribution < 1.29 is 4.79 Å². The topological polar surface area (TPSA) is 58.7 Å². The standard InChI is InChI=1S/C20H19N3O.C7H8/c1-20-11-14(12-21)17(24)10-15(20)8-9-16-18(23(2)22-19(16)20)13-6-4-3-5-7-13;1-7-5-3-2-4-6-7/h3-7,11,15H,8-10H2,1-2H3;2-6H,1H3. The lowest BCUT2D eigenvalue weighted by Gasteiger charge is -2.40. The number of carbonyl (C=O) groups is 1. The number of ketones is 1. The van der Waals surface area contributed by atoms with Gasteiger partial charge >= 0.3 is 0 Å². The Hall–Kier alpha value is -3.45. The third-order valence-electron chi connectivity index (χ3n) is 6.53. The zero-order chi connectivity index (χ0) is 22.0. The second kappa shape index (κ2) is 8.35. The minimum absolute atomic E-state index is 0.0253. The van der Waals surface area contributed by atoms with E-state index < -0.39 is 0 Å². The summed E-state index contributed by atoms with van der Waals surface area (Å²) in [5.74, 6) is 0.204. The van der Waals surface area contributed by atoms with Crippen LogP contribution >= 0.6 is 0 Å². The zero-order valence-electron chi connectivity index (χ0n) is 18.3. The monoisotopic (exact) mass is 409 g/mol. The number of benzene rings is 2. The first-order valence-electron chi connectivity index (χ1n) is 10.7. The van der Waals surface area contributed by atoms with E-state index in [0.717, 1.165) is 29.8 Å². The molecule has 0 radical (unpaired) electrons. The molecular weight excluding hydrogens is 382 g/mol. The fourth-order valence-corrected chi connectivity index (χ4v) is 4.85. The van der Waals surface area contributed by atoms with Crippen molar-refractivity contribution in [3.63, 3.8) is 0 Å². The highest BCUT2D eigenvalue weighted by molar-refractivity contribution is 6.00. The van der Waals surface area contributed by atoms with Crippen LogP contribution in [0.4, 0.5) is 0 Å². The molecule has 4 nitrogen and oxygen atoms in total. The molecule has 156 valence electrons. The molecule has 0 saturated carbocycles.